The second-order valence-corrected chi connectivity index (χ2v) is 7.79. The van der Waals surface area contributed by atoms with Crippen LogP contribution in [0.5, 0.6) is 0 Å². The third kappa shape index (κ3) is 4.98. The Balaban J connectivity index is 1.61. The van der Waals surface area contributed by atoms with Gasteiger partial charge >= 0.3 is 0 Å². The van der Waals surface area contributed by atoms with E-state index in [0.717, 1.165) is 22.3 Å². The molecule has 0 saturated heterocycles. The first kappa shape index (κ1) is 17.3. The van der Waals surface area contributed by atoms with E-state index in [1.807, 2.05) is 49.6 Å². The van der Waals surface area contributed by atoms with Crippen LogP contribution in [-0.2, 0) is 30.0 Å². The monoisotopic (exact) mass is 356 g/mol. The maximum Gasteiger partial charge on any atom is 0.212 e. The van der Waals surface area contributed by atoms with Crippen LogP contribution in [0, 0.1) is 0 Å². The SMILES string of the molecule is Cn1cc(-c2cncc(CNS(=O)(=O)CCc3ccccc3)c2)cn1. The van der Waals surface area contributed by atoms with Gasteiger partial charge in [-0.1, -0.05) is 30.3 Å². The Morgan fingerprint density at radius 2 is 1.84 bits per heavy atom. The van der Waals surface area contributed by atoms with Crippen molar-refractivity contribution in [2.24, 2.45) is 7.05 Å². The van der Waals surface area contributed by atoms with Gasteiger partial charge in [0.05, 0.1) is 11.9 Å². The van der Waals surface area contributed by atoms with Crippen molar-refractivity contribution in [2.75, 3.05) is 5.75 Å². The van der Waals surface area contributed by atoms with Gasteiger partial charge in [-0.2, -0.15) is 5.10 Å². The molecule has 3 aromatic rings. The fourth-order valence-electron chi connectivity index (χ4n) is 2.47. The molecule has 0 radical (unpaired) electrons. The number of nitrogens with zero attached hydrogens (tertiary/aromatic N) is 3. The highest BCUT2D eigenvalue weighted by Gasteiger charge is 2.11. The highest BCUT2D eigenvalue weighted by molar-refractivity contribution is 7.89. The van der Waals surface area contributed by atoms with E-state index < -0.39 is 10.0 Å². The molecule has 0 atom stereocenters. The van der Waals surface area contributed by atoms with Gasteiger partial charge in [0.15, 0.2) is 0 Å². The lowest BCUT2D eigenvalue weighted by Crippen LogP contribution is -2.26. The predicted molar refractivity (Wildman–Crippen MR) is 97.2 cm³/mol. The zero-order valence-electron chi connectivity index (χ0n) is 14.0. The summed E-state index contributed by atoms with van der Waals surface area (Å²) in [6, 6.07) is 11.5. The minimum atomic E-state index is -3.35. The molecular formula is C18H20N4O2S. The summed E-state index contributed by atoms with van der Waals surface area (Å²) in [5, 5.41) is 4.14. The second kappa shape index (κ2) is 7.58. The van der Waals surface area contributed by atoms with Crippen LogP contribution < -0.4 is 4.72 Å². The zero-order valence-corrected chi connectivity index (χ0v) is 14.8. The van der Waals surface area contributed by atoms with Gasteiger partial charge in [-0.3, -0.25) is 9.67 Å². The van der Waals surface area contributed by atoms with Crippen LogP contribution in [0.4, 0.5) is 0 Å². The van der Waals surface area contributed by atoms with E-state index >= 15 is 0 Å². The Morgan fingerprint density at radius 3 is 2.56 bits per heavy atom. The largest absolute Gasteiger partial charge is 0.275 e. The molecular weight excluding hydrogens is 336 g/mol. The minimum absolute atomic E-state index is 0.0622. The predicted octanol–water partition coefficient (Wildman–Crippen LogP) is 2.14. The quantitative estimate of drug-likeness (QED) is 0.704. The first-order valence-corrected chi connectivity index (χ1v) is 9.61. The van der Waals surface area contributed by atoms with Crippen molar-refractivity contribution >= 4 is 10.0 Å². The smallest absolute Gasteiger partial charge is 0.212 e. The molecule has 3 rings (SSSR count). The van der Waals surface area contributed by atoms with Gasteiger partial charge < -0.3 is 0 Å². The van der Waals surface area contributed by atoms with Crippen molar-refractivity contribution in [1.82, 2.24) is 19.5 Å². The molecule has 0 amide bonds. The summed E-state index contributed by atoms with van der Waals surface area (Å²) in [5.74, 6) is 0.0622. The average molecular weight is 356 g/mol. The van der Waals surface area contributed by atoms with Gasteiger partial charge in [0.1, 0.15) is 0 Å². The van der Waals surface area contributed by atoms with E-state index in [2.05, 4.69) is 14.8 Å². The average Bonchev–Trinajstić information content (AvgIpc) is 3.06. The number of hydrogen-bond donors (Lipinski definition) is 1. The Kier molecular flexibility index (Phi) is 5.25. The Hall–Kier alpha value is -2.51. The molecule has 7 heteroatoms. The first-order valence-electron chi connectivity index (χ1n) is 7.96. The number of nitrogens with one attached hydrogen (secondary N) is 1. The van der Waals surface area contributed by atoms with E-state index in [1.54, 1.807) is 23.3 Å². The molecule has 0 aliphatic rings. The molecule has 0 saturated carbocycles. The van der Waals surface area contributed by atoms with Crippen LogP contribution in [0.15, 0.2) is 61.2 Å². The van der Waals surface area contributed by atoms with Crippen molar-refractivity contribution < 1.29 is 8.42 Å². The molecule has 0 bridgehead atoms. The molecule has 0 fully saturated rings. The summed E-state index contributed by atoms with van der Waals surface area (Å²) in [7, 11) is -1.50. The van der Waals surface area contributed by atoms with E-state index in [9.17, 15) is 8.42 Å². The molecule has 1 aromatic carbocycles. The summed E-state index contributed by atoms with van der Waals surface area (Å²) in [6.07, 6.45) is 7.55. The molecule has 0 unspecified atom stereocenters. The molecule has 0 aliphatic carbocycles. The molecule has 1 N–H and O–H groups in total. The summed E-state index contributed by atoms with van der Waals surface area (Å²) >= 11 is 0. The van der Waals surface area contributed by atoms with E-state index in [0.29, 0.717) is 6.42 Å². The minimum Gasteiger partial charge on any atom is -0.275 e. The van der Waals surface area contributed by atoms with Gasteiger partial charge in [0, 0.05) is 43.3 Å². The van der Waals surface area contributed by atoms with Crippen LogP contribution in [0.1, 0.15) is 11.1 Å². The lowest BCUT2D eigenvalue weighted by atomic mass is 10.1. The fraction of sp³-hybridized carbons (Fsp3) is 0.222. The lowest BCUT2D eigenvalue weighted by Gasteiger charge is -2.08. The maximum absolute atomic E-state index is 12.2. The maximum atomic E-state index is 12.2. The van der Waals surface area contributed by atoms with Gasteiger partial charge in [-0.05, 0) is 23.6 Å². The van der Waals surface area contributed by atoms with Crippen molar-refractivity contribution in [2.45, 2.75) is 13.0 Å². The Morgan fingerprint density at radius 1 is 1.04 bits per heavy atom. The molecule has 25 heavy (non-hydrogen) atoms. The highest BCUT2D eigenvalue weighted by atomic mass is 32.2. The Labute approximate surface area is 147 Å². The summed E-state index contributed by atoms with van der Waals surface area (Å²) in [5.41, 5.74) is 3.68. The molecule has 0 aliphatic heterocycles. The topological polar surface area (TPSA) is 76.9 Å². The van der Waals surface area contributed by atoms with Crippen LogP contribution in [0.2, 0.25) is 0 Å². The molecule has 0 spiro atoms. The van der Waals surface area contributed by atoms with E-state index in [4.69, 9.17) is 0 Å². The van der Waals surface area contributed by atoms with Crippen LogP contribution in [0.25, 0.3) is 11.1 Å². The number of aryl methyl sites for hydroxylation is 2. The van der Waals surface area contributed by atoms with Gasteiger partial charge in [-0.15, -0.1) is 0 Å². The van der Waals surface area contributed by atoms with Gasteiger partial charge in [-0.25, -0.2) is 13.1 Å². The van der Waals surface area contributed by atoms with Crippen molar-refractivity contribution in [3.05, 3.63) is 72.3 Å². The Bertz CT molecular complexity index is 936. The zero-order chi connectivity index (χ0) is 17.7. The number of pyridine rings is 1. The van der Waals surface area contributed by atoms with E-state index in [-0.39, 0.29) is 12.3 Å². The van der Waals surface area contributed by atoms with Crippen LogP contribution in [0.3, 0.4) is 0 Å². The highest BCUT2D eigenvalue weighted by Crippen LogP contribution is 2.18. The van der Waals surface area contributed by atoms with Crippen molar-refractivity contribution in [3.8, 4) is 11.1 Å². The number of rotatable bonds is 7. The summed E-state index contributed by atoms with van der Waals surface area (Å²) in [4.78, 5) is 4.19. The lowest BCUT2D eigenvalue weighted by molar-refractivity contribution is 0.580. The molecule has 130 valence electrons. The summed E-state index contributed by atoms with van der Waals surface area (Å²) < 4.78 is 28.7. The third-order valence-corrected chi connectivity index (χ3v) is 5.16. The van der Waals surface area contributed by atoms with Crippen LogP contribution in [-0.4, -0.2) is 28.9 Å². The normalized spacial score (nSPS) is 11.6. The molecule has 6 nitrogen and oxygen atoms in total. The number of benzene rings is 1. The van der Waals surface area contributed by atoms with Gasteiger partial charge in [0.2, 0.25) is 10.0 Å². The number of sulfonamides is 1. The number of aromatic nitrogens is 3. The third-order valence-electron chi connectivity index (χ3n) is 3.83. The first-order chi connectivity index (χ1) is 12.0. The van der Waals surface area contributed by atoms with Crippen molar-refractivity contribution in [1.29, 1.82) is 0 Å². The fourth-order valence-corrected chi connectivity index (χ4v) is 3.51. The van der Waals surface area contributed by atoms with Crippen LogP contribution >= 0.6 is 0 Å². The van der Waals surface area contributed by atoms with E-state index in [1.165, 1.54) is 0 Å². The van der Waals surface area contributed by atoms with Gasteiger partial charge in [0.25, 0.3) is 0 Å². The summed E-state index contributed by atoms with van der Waals surface area (Å²) in [6.45, 7) is 0.220. The molecule has 2 heterocycles. The molecule has 2 aromatic heterocycles. The number of hydrogen-bond acceptors (Lipinski definition) is 4. The van der Waals surface area contributed by atoms with Crippen molar-refractivity contribution in [3.63, 3.8) is 0 Å². The second-order valence-electron chi connectivity index (χ2n) is 5.86. The standard InChI is InChI=1S/C18H20N4O2S/c1-22-14-18(13-20-22)17-9-16(10-19-12-17)11-21-25(23,24)8-7-15-5-3-2-4-6-15/h2-6,9-10,12-14,21H,7-8,11H2,1H3.